The van der Waals surface area contributed by atoms with Gasteiger partial charge < -0.3 is 5.11 Å². The van der Waals surface area contributed by atoms with Gasteiger partial charge in [-0.25, -0.2) is 4.98 Å². The molecule has 3 heterocycles. The molecule has 0 bridgehead atoms. The number of aromatic nitrogens is 5. The lowest BCUT2D eigenvalue weighted by molar-refractivity contribution is -0.137. The number of aryl methyl sites for hydroxylation is 1. The second-order valence-electron chi connectivity index (χ2n) is 4.65. The van der Waals surface area contributed by atoms with Gasteiger partial charge in [-0.1, -0.05) is 0 Å². The zero-order chi connectivity index (χ0) is 16.4. The Bertz CT molecular complexity index is 865. The van der Waals surface area contributed by atoms with Crippen LogP contribution < -0.4 is 5.32 Å². The lowest BCUT2D eigenvalue weighted by Crippen LogP contribution is -2.12. The van der Waals surface area contributed by atoms with Crippen LogP contribution in [0.15, 0.2) is 30.0 Å². The van der Waals surface area contributed by atoms with E-state index in [1.807, 2.05) is 18.5 Å². The Morgan fingerprint density at radius 3 is 2.91 bits per heavy atom. The van der Waals surface area contributed by atoms with Crippen LogP contribution >= 0.6 is 11.3 Å². The topological polar surface area (TPSA) is 115 Å². The number of anilines is 1. The van der Waals surface area contributed by atoms with Gasteiger partial charge in [0.1, 0.15) is 12.2 Å². The van der Waals surface area contributed by atoms with Gasteiger partial charge in [0, 0.05) is 24.8 Å². The molecule has 0 unspecified atom stereocenters. The standard InChI is InChI=1S/C13H12N6O3S/c1-18-10(2-3-14-18)9-7-23-13(16-9)17-12(22)8-4-15-19(5-8)6-11(20)21/h2-5,7H,6H2,1H3,(H,20,21)(H,16,17,22). The number of nitrogens with one attached hydrogen (secondary N) is 1. The van der Waals surface area contributed by atoms with E-state index in [0.29, 0.717) is 10.8 Å². The molecular formula is C13H12N6O3S. The molecule has 118 valence electrons. The predicted octanol–water partition coefficient (Wildman–Crippen LogP) is 1.08. The molecule has 0 saturated heterocycles. The van der Waals surface area contributed by atoms with Gasteiger partial charge in [-0.05, 0) is 6.07 Å². The van der Waals surface area contributed by atoms with E-state index in [2.05, 4.69) is 20.5 Å². The fourth-order valence-electron chi connectivity index (χ4n) is 1.95. The lowest BCUT2D eigenvalue weighted by Gasteiger charge is -1.99. The number of rotatable bonds is 5. The van der Waals surface area contributed by atoms with Crippen molar-refractivity contribution in [3.63, 3.8) is 0 Å². The highest BCUT2D eigenvalue weighted by Crippen LogP contribution is 2.24. The minimum atomic E-state index is -1.03. The molecule has 0 aliphatic rings. The van der Waals surface area contributed by atoms with Crippen LogP contribution in [0.3, 0.4) is 0 Å². The van der Waals surface area contributed by atoms with Crippen LogP contribution in [0.5, 0.6) is 0 Å². The van der Waals surface area contributed by atoms with Crippen LogP contribution in [0.4, 0.5) is 5.13 Å². The molecule has 0 atom stereocenters. The second-order valence-corrected chi connectivity index (χ2v) is 5.51. The van der Waals surface area contributed by atoms with Crippen LogP contribution in [-0.2, 0) is 18.4 Å². The first-order chi connectivity index (χ1) is 11.0. The van der Waals surface area contributed by atoms with E-state index in [-0.39, 0.29) is 12.1 Å². The Labute approximate surface area is 134 Å². The van der Waals surface area contributed by atoms with Gasteiger partial charge in [0.2, 0.25) is 0 Å². The third-order valence-corrected chi connectivity index (χ3v) is 3.76. The van der Waals surface area contributed by atoms with Crippen molar-refractivity contribution in [1.82, 2.24) is 24.5 Å². The normalized spacial score (nSPS) is 10.7. The number of carboxylic acid groups (broad SMARTS) is 1. The van der Waals surface area contributed by atoms with Crippen LogP contribution in [0.2, 0.25) is 0 Å². The molecule has 3 aromatic heterocycles. The van der Waals surface area contributed by atoms with Crippen LogP contribution in [0, 0.1) is 0 Å². The Morgan fingerprint density at radius 1 is 1.39 bits per heavy atom. The number of hydrogen-bond donors (Lipinski definition) is 2. The Kier molecular flexibility index (Phi) is 3.89. The summed E-state index contributed by atoms with van der Waals surface area (Å²) < 4.78 is 2.87. The van der Waals surface area contributed by atoms with E-state index in [1.165, 1.54) is 28.4 Å². The highest BCUT2D eigenvalue weighted by Gasteiger charge is 2.13. The number of carbonyl (C=O) groups is 2. The average Bonchev–Trinajstić information content (AvgIpc) is 3.19. The fraction of sp³-hybridized carbons (Fsp3) is 0.154. The minimum Gasteiger partial charge on any atom is -0.480 e. The molecule has 9 nitrogen and oxygen atoms in total. The number of carbonyl (C=O) groups excluding carboxylic acids is 1. The Hall–Kier alpha value is -3.01. The summed E-state index contributed by atoms with van der Waals surface area (Å²) in [6.07, 6.45) is 4.36. The van der Waals surface area contributed by atoms with Crippen molar-refractivity contribution in [2.45, 2.75) is 6.54 Å². The van der Waals surface area contributed by atoms with Crippen molar-refractivity contribution < 1.29 is 14.7 Å². The van der Waals surface area contributed by atoms with Gasteiger partial charge in [0.15, 0.2) is 5.13 Å². The molecule has 0 radical (unpaired) electrons. The molecule has 0 aromatic carbocycles. The first-order valence-corrected chi connectivity index (χ1v) is 7.40. The molecule has 2 N–H and O–H groups in total. The molecule has 1 amide bonds. The highest BCUT2D eigenvalue weighted by molar-refractivity contribution is 7.14. The quantitative estimate of drug-likeness (QED) is 0.722. The molecule has 0 spiro atoms. The van der Waals surface area contributed by atoms with Crippen LogP contribution in [0.25, 0.3) is 11.4 Å². The van der Waals surface area contributed by atoms with Crippen molar-refractivity contribution in [3.05, 3.63) is 35.6 Å². The van der Waals surface area contributed by atoms with E-state index in [1.54, 1.807) is 10.9 Å². The first-order valence-electron chi connectivity index (χ1n) is 6.52. The van der Waals surface area contributed by atoms with Crippen LogP contribution in [-0.4, -0.2) is 41.5 Å². The molecule has 23 heavy (non-hydrogen) atoms. The summed E-state index contributed by atoms with van der Waals surface area (Å²) in [5, 5.41) is 21.5. The molecule has 3 rings (SSSR count). The van der Waals surface area contributed by atoms with Crippen molar-refractivity contribution >= 4 is 28.3 Å². The molecule has 10 heteroatoms. The fourth-order valence-corrected chi connectivity index (χ4v) is 2.65. The molecule has 0 fully saturated rings. The van der Waals surface area contributed by atoms with E-state index >= 15 is 0 Å². The highest BCUT2D eigenvalue weighted by atomic mass is 32.1. The summed E-state index contributed by atoms with van der Waals surface area (Å²) in [5.74, 6) is -1.42. The molecule has 3 aromatic rings. The van der Waals surface area contributed by atoms with Gasteiger partial charge in [0.05, 0.1) is 17.5 Å². The maximum Gasteiger partial charge on any atom is 0.325 e. The summed E-state index contributed by atoms with van der Waals surface area (Å²) in [6.45, 7) is -0.296. The number of carboxylic acids is 1. The Morgan fingerprint density at radius 2 is 2.22 bits per heavy atom. The monoisotopic (exact) mass is 332 g/mol. The summed E-state index contributed by atoms with van der Waals surface area (Å²) in [7, 11) is 1.81. The third-order valence-electron chi connectivity index (χ3n) is 3.00. The average molecular weight is 332 g/mol. The van der Waals surface area contributed by atoms with Gasteiger partial charge >= 0.3 is 5.97 Å². The van der Waals surface area contributed by atoms with Crippen LogP contribution in [0.1, 0.15) is 10.4 Å². The van der Waals surface area contributed by atoms with Crippen molar-refractivity contribution in [2.75, 3.05) is 5.32 Å². The zero-order valence-electron chi connectivity index (χ0n) is 12.0. The maximum atomic E-state index is 12.1. The number of thiazole rings is 1. The number of aliphatic carboxylic acids is 1. The number of nitrogens with zero attached hydrogens (tertiary/aromatic N) is 5. The minimum absolute atomic E-state index is 0.267. The molecule has 0 aliphatic carbocycles. The third kappa shape index (κ3) is 3.26. The summed E-state index contributed by atoms with van der Waals surface area (Å²) >= 11 is 1.29. The van der Waals surface area contributed by atoms with Gasteiger partial charge in [-0.2, -0.15) is 10.2 Å². The largest absolute Gasteiger partial charge is 0.480 e. The molecule has 0 saturated carbocycles. The summed E-state index contributed by atoms with van der Waals surface area (Å²) in [6, 6.07) is 1.83. The van der Waals surface area contributed by atoms with E-state index < -0.39 is 11.9 Å². The smallest absolute Gasteiger partial charge is 0.325 e. The Balaban J connectivity index is 1.71. The summed E-state index contributed by atoms with van der Waals surface area (Å²) in [4.78, 5) is 27.1. The van der Waals surface area contributed by atoms with E-state index in [0.717, 1.165) is 5.69 Å². The maximum absolute atomic E-state index is 12.1. The van der Waals surface area contributed by atoms with Gasteiger partial charge in [-0.3, -0.25) is 24.3 Å². The van der Waals surface area contributed by atoms with Gasteiger partial charge in [-0.15, -0.1) is 11.3 Å². The number of amides is 1. The predicted molar refractivity (Wildman–Crippen MR) is 82.1 cm³/mol. The lowest BCUT2D eigenvalue weighted by atomic mass is 10.3. The molecular weight excluding hydrogens is 320 g/mol. The van der Waals surface area contributed by atoms with Crippen molar-refractivity contribution in [3.8, 4) is 11.4 Å². The van der Waals surface area contributed by atoms with Gasteiger partial charge in [0.25, 0.3) is 5.91 Å². The second kappa shape index (κ2) is 6.01. The summed E-state index contributed by atoms with van der Waals surface area (Å²) in [5.41, 5.74) is 1.83. The molecule has 0 aliphatic heterocycles. The van der Waals surface area contributed by atoms with Crippen molar-refractivity contribution in [1.29, 1.82) is 0 Å². The zero-order valence-corrected chi connectivity index (χ0v) is 12.8. The van der Waals surface area contributed by atoms with E-state index in [4.69, 9.17) is 5.11 Å². The number of hydrogen-bond acceptors (Lipinski definition) is 6. The first kappa shape index (κ1) is 14.9. The van der Waals surface area contributed by atoms with Crippen molar-refractivity contribution in [2.24, 2.45) is 7.05 Å². The SMILES string of the molecule is Cn1nccc1-c1csc(NC(=O)c2cnn(CC(=O)O)c2)n1. The van der Waals surface area contributed by atoms with E-state index in [9.17, 15) is 9.59 Å².